The highest BCUT2D eigenvalue weighted by Crippen LogP contribution is 2.14. The lowest BCUT2D eigenvalue weighted by molar-refractivity contribution is -0.115. The number of carbonyl (C=O) groups excluding carboxylic acids is 2. The van der Waals surface area contributed by atoms with E-state index in [0.29, 0.717) is 17.9 Å². The van der Waals surface area contributed by atoms with Crippen LogP contribution in [0.3, 0.4) is 0 Å². The van der Waals surface area contributed by atoms with Crippen molar-refractivity contribution in [3.63, 3.8) is 0 Å². The summed E-state index contributed by atoms with van der Waals surface area (Å²) in [5.41, 5.74) is 0.491. The van der Waals surface area contributed by atoms with Crippen LogP contribution in [0.5, 0.6) is 5.75 Å². The first-order valence-corrected chi connectivity index (χ1v) is 8.25. The minimum atomic E-state index is -1.06. The number of benzene rings is 2. The smallest absolute Gasteiger partial charge is 0.251 e. The molecule has 2 N–H and O–H groups in total. The van der Waals surface area contributed by atoms with Gasteiger partial charge in [0.25, 0.3) is 5.91 Å². The number of carbonyl (C=O) groups is 2. The van der Waals surface area contributed by atoms with E-state index in [9.17, 15) is 18.4 Å². The normalized spacial score (nSPS) is 10.3. The van der Waals surface area contributed by atoms with E-state index in [4.69, 9.17) is 4.74 Å². The van der Waals surface area contributed by atoms with Gasteiger partial charge in [-0.3, -0.25) is 9.59 Å². The molecule has 7 heteroatoms. The first-order chi connectivity index (χ1) is 12.5. The number of unbranched alkanes of at least 4 members (excludes halogenated alkanes) is 1. The molecule has 0 unspecified atom stereocenters. The molecular weight excluding hydrogens is 342 g/mol. The molecule has 0 aliphatic heterocycles. The van der Waals surface area contributed by atoms with Gasteiger partial charge < -0.3 is 15.4 Å². The summed E-state index contributed by atoms with van der Waals surface area (Å²) in [6.45, 7) is 2.39. The molecule has 2 rings (SSSR count). The molecule has 138 valence electrons. The molecule has 0 saturated carbocycles. The first-order valence-electron chi connectivity index (χ1n) is 8.25. The molecule has 0 saturated heterocycles. The van der Waals surface area contributed by atoms with Gasteiger partial charge in [-0.2, -0.15) is 0 Å². The zero-order valence-electron chi connectivity index (χ0n) is 14.4. The largest absolute Gasteiger partial charge is 0.494 e. The number of hydrogen-bond donors (Lipinski definition) is 2. The van der Waals surface area contributed by atoms with E-state index in [1.165, 1.54) is 6.07 Å². The van der Waals surface area contributed by atoms with Gasteiger partial charge in [0, 0.05) is 17.3 Å². The number of halogens is 2. The van der Waals surface area contributed by atoms with Crippen LogP contribution in [-0.2, 0) is 4.79 Å². The third-order valence-electron chi connectivity index (χ3n) is 3.50. The van der Waals surface area contributed by atoms with Crippen LogP contribution in [0.4, 0.5) is 14.5 Å². The van der Waals surface area contributed by atoms with Gasteiger partial charge >= 0.3 is 0 Å². The number of nitrogens with one attached hydrogen (secondary N) is 2. The summed E-state index contributed by atoms with van der Waals surface area (Å²) in [5, 5.41) is 4.83. The van der Waals surface area contributed by atoms with Crippen LogP contribution < -0.4 is 15.4 Å². The summed E-state index contributed by atoms with van der Waals surface area (Å²) in [6, 6.07) is 9.58. The summed E-state index contributed by atoms with van der Waals surface area (Å²) in [7, 11) is 0. The van der Waals surface area contributed by atoms with Gasteiger partial charge in [0.1, 0.15) is 5.75 Å². The van der Waals surface area contributed by atoms with Crippen molar-refractivity contribution in [1.82, 2.24) is 5.32 Å². The van der Waals surface area contributed by atoms with Crippen molar-refractivity contribution in [3.8, 4) is 5.75 Å². The second-order valence-electron chi connectivity index (χ2n) is 5.59. The van der Waals surface area contributed by atoms with Crippen molar-refractivity contribution >= 4 is 17.5 Å². The number of hydrogen-bond acceptors (Lipinski definition) is 3. The summed E-state index contributed by atoms with van der Waals surface area (Å²) in [6.07, 6.45) is 1.99. The molecule has 0 heterocycles. The van der Waals surface area contributed by atoms with Gasteiger partial charge in [0.2, 0.25) is 5.91 Å². The summed E-state index contributed by atoms with van der Waals surface area (Å²) in [4.78, 5) is 23.8. The van der Waals surface area contributed by atoms with Gasteiger partial charge in [0.15, 0.2) is 11.6 Å². The van der Waals surface area contributed by atoms with Crippen LogP contribution in [0.2, 0.25) is 0 Å². The van der Waals surface area contributed by atoms with Crippen molar-refractivity contribution in [1.29, 1.82) is 0 Å². The van der Waals surface area contributed by atoms with Gasteiger partial charge in [-0.1, -0.05) is 13.3 Å². The average Bonchev–Trinajstić information content (AvgIpc) is 2.63. The monoisotopic (exact) mass is 362 g/mol. The fourth-order valence-electron chi connectivity index (χ4n) is 2.08. The Morgan fingerprint density at radius 3 is 2.42 bits per heavy atom. The van der Waals surface area contributed by atoms with E-state index in [1.54, 1.807) is 24.3 Å². The lowest BCUT2D eigenvalue weighted by atomic mass is 10.2. The maximum atomic E-state index is 13.1. The van der Waals surface area contributed by atoms with Crippen molar-refractivity contribution in [3.05, 3.63) is 59.7 Å². The molecular formula is C19H20F2N2O3. The second-order valence-corrected chi connectivity index (χ2v) is 5.59. The second kappa shape index (κ2) is 9.50. The molecule has 0 spiro atoms. The maximum absolute atomic E-state index is 13.1. The summed E-state index contributed by atoms with van der Waals surface area (Å²) >= 11 is 0. The SMILES string of the molecule is CCCCOc1ccc(C(=O)NCC(=O)Nc2ccc(F)c(F)c2)cc1. The van der Waals surface area contributed by atoms with Gasteiger partial charge in [0.05, 0.1) is 13.2 Å². The van der Waals surface area contributed by atoms with E-state index in [0.717, 1.165) is 25.0 Å². The standard InChI is InChI=1S/C19H20F2N2O3/c1-2-3-10-26-15-7-4-13(5-8-15)19(25)22-12-18(24)23-14-6-9-16(20)17(21)11-14/h4-9,11H,2-3,10,12H2,1H3,(H,22,25)(H,23,24). The van der Waals surface area contributed by atoms with Crippen molar-refractivity contribution in [2.75, 3.05) is 18.5 Å². The lowest BCUT2D eigenvalue weighted by Crippen LogP contribution is -2.32. The van der Waals surface area contributed by atoms with Crippen molar-refractivity contribution < 1.29 is 23.1 Å². The third kappa shape index (κ3) is 5.84. The predicted molar refractivity (Wildman–Crippen MR) is 94.2 cm³/mol. The Morgan fingerprint density at radius 2 is 1.77 bits per heavy atom. The number of ether oxygens (including phenoxy) is 1. The molecule has 0 aliphatic rings. The zero-order valence-corrected chi connectivity index (χ0v) is 14.4. The lowest BCUT2D eigenvalue weighted by Gasteiger charge is -2.08. The van der Waals surface area contributed by atoms with Gasteiger partial charge in [-0.25, -0.2) is 8.78 Å². The fraction of sp³-hybridized carbons (Fsp3) is 0.263. The van der Waals surface area contributed by atoms with Crippen LogP contribution in [-0.4, -0.2) is 25.0 Å². The van der Waals surface area contributed by atoms with Crippen LogP contribution in [0.25, 0.3) is 0 Å². The minimum Gasteiger partial charge on any atom is -0.494 e. The molecule has 5 nitrogen and oxygen atoms in total. The molecule has 0 atom stereocenters. The van der Waals surface area contributed by atoms with Crippen LogP contribution in [0.15, 0.2) is 42.5 Å². The van der Waals surface area contributed by atoms with Crippen molar-refractivity contribution in [2.45, 2.75) is 19.8 Å². The Labute approximate surface area is 150 Å². The molecule has 26 heavy (non-hydrogen) atoms. The van der Waals surface area contributed by atoms with E-state index in [2.05, 4.69) is 17.6 Å². The van der Waals surface area contributed by atoms with Crippen LogP contribution >= 0.6 is 0 Å². The maximum Gasteiger partial charge on any atom is 0.251 e. The Morgan fingerprint density at radius 1 is 1.04 bits per heavy atom. The Bertz CT molecular complexity index is 764. The molecule has 2 aromatic carbocycles. The Kier molecular flexibility index (Phi) is 7.08. The Balaban J connectivity index is 1.81. The molecule has 0 radical (unpaired) electrons. The number of anilines is 1. The molecule has 0 bridgehead atoms. The third-order valence-corrected chi connectivity index (χ3v) is 3.50. The highest BCUT2D eigenvalue weighted by molar-refractivity contribution is 5.99. The number of rotatable bonds is 8. The van der Waals surface area contributed by atoms with Crippen LogP contribution in [0, 0.1) is 11.6 Å². The van der Waals surface area contributed by atoms with Crippen molar-refractivity contribution in [2.24, 2.45) is 0 Å². The fourth-order valence-corrected chi connectivity index (χ4v) is 2.08. The molecule has 2 aromatic rings. The summed E-state index contributed by atoms with van der Waals surface area (Å²) < 4.78 is 31.4. The van der Waals surface area contributed by atoms with E-state index in [-0.39, 0.29) is 12.2 Å². The molecule has 0 fully saturated rings. The first kappa shape index (κ1) is 19.4. The highest BCUT2D eigenvalue weighted by atomic mass is 19.2. The number of amides is 2. The van der Waals surface area contributed by atoms with Gasteiger partial charge in [-0.05, 0) is 42.8 Å². The summed E-state index contributed by atoms with van der Waals surface area (Å²) in [5.74, 6) is -2.37. The molecule has 0 aromatic heterocycles. The molecule has 2 amide bonds. The van der Waals surface area contributed by atoms with E-state index >= 15 is 0 Å². The predicted octanol–water partition coefficient (Wildman–Crippen LogP) is 3.51. The molecule has 0 aliphatic carbocycles. The quantitative estimate of drug-likeness (QED) is 0.706. The average molecular weight is 362 g/mol. The topological polar surface area (TPSA) is 67.4 Å². The van der Waals surface area contributed by atoms with E-state index in [1.807, 2.05) is 0 Å². The van der Waals surface area contributed by atoms with Crippen LogP contribution in [0.1, 0.15) is 30.1 Å². The van der Waals surface area contributed by atoms with E-state index < -0.39 is 23.4 Å². The van der Waals surface area contributed by atoms with Gasteiger partial charge in [-0.15, -0.1) is 0 Å². The Hall–Kier alpha value is -2.96. The minimum absolute atomic E-state index is 0.108. The highest BCUT2D eigenvalue weighted by Gasteiger charge is 2.10. The zero-order chi connectivity index (χ0) is 18.9.